The van der Waals surface area contributed by atoms with Crippen molar-refractivity contribution in [1.29, 1.82) is 0 Å². The summed E-state index contributed by atoms with van der Waals surface area (Å²) >= 11 is 0. The van der Waals surface area contributed by atoms with Gasteiger partial charge in [0.05, 0.1) is 6.54 Å². The molecule has 0 saturated heterocycles. The molecule has 78 valence electrons. The first kappa shape index (κ1) is 9.51. The molecule has 0 unspecified atom stereocenters. The lowest BCUT2D eigenvalue weighted by atomic mass is 10.2. The Morgan fingerprint density at radius 2 is 2.07 bits per heavy atom. The van der Waals surface area contributed by atoms with Gasteiger partial charge in [-0.2, -0.15) is 0 Å². The molecule has 1 aromatic rings. The Morgan fingerprint density at radius 3 is 2.80 bits per heavy atom. The average molecular weight is 206 g/mol. The van der Waals surface area contributed by atoms with Gasteiger partial charge in [-0.25, -0.2) is 4.79 Å². The average Bonchev–Trinajstić information content (AvgIpc) is 2.35. The van der Waals surface area contributed by atoms with Gasteiger partial charge in [0, 0.05) is 5.69 Å². The van der Waals surface area contributed by atoms with Crippen LogP contribution in [-0.2, 0) is 11.3 Å². The summed E-state index contributed by atoms with van der Waals surface area (Å²) < 4.78 is 0. The number of rotatable bonds is 0. The second kappa shape index (κ2) is 3.61. The lowest BCUT2D eigenvalue weighted by molar-refractivity contribution is -0.116. The summed E-state index contributed by atoms with van der Waals surface area (Å²) in [7, 11) is 0. The molecule has 0 atom stereocenters. The number of carbonyl (C=O) groups is 2. The van der Waals surface area contributed by atoms with Crippen molar-refractivity contribution >= 4 is 17.7 Å². The fourth-order valence-electron chi connectivity index (χ4n) is 1.54. The largest absolute Gasteiger partial charge is 0.465 e. The van der Waals surface area contributed by atoms with Crippen molar-refractivity contribution in [3.05, 3.63) is 29.8 Å². The van der Waals surface area contributed by atoms with E-state index < -0.39 is 6.09 Å². The van der Waals surface area contributed by atoms with Crippen molar-refractivity contribution in [2.45, 2.75) is 6.54 Å². The van der Waals surface area contributed by atoms with Gasteiger partial charge < -0.3 is 10.4 Å². The van der Waals surface area contributed by atoms with E-state index >= 15 is 0 Å². The number of carboxylic acid groups (broad SMARTS) is 1. The summed E-state index contributed by atoms with van der Waals surface area (Å²) in [5.74, 6) is -0.303. The summed E-state index contributed by atoms with van der Waals surface area (Å²) in [6.45, 7) is 0.119. The smallest absolute Gasteiger partial charge is 0.408 e. The lowest BCUT2D eigenvalue weighted by Gasteiger charge is -2.14. The van der Waals surface area contributed by atoms with E-state index in [2.05, 4.69) is 5.32 Å². The topological polar surface area (TPSA) is 69.6 Å². The van der Waals surface area contributed by atoms with E-state index in [9.17, 15) is 9.59 Å². The molecule has 0 fully saturated rings. The van der Waals surface area contributed by atoms with Crippen LogP contribution in [0.4, 0.5) is 10.5 Å². The van der Waals surface area contributed by atoms with E-state index in [1.807, 2.05) is 6.07 Å². The van der Waals surface area contributed by atoms with Gasteiger partial charge in [-0.05, 0) is 11.6 Å². The van der Waals surface area contributed by atoms with E-state index in [1.54, 1.807) is 18.2 Å². The van der Waals surface area contributed by atoms with Crippen LogP contribution in [0.5, 0.6) is 0 Å². The van der Waals surface area contributed by atoms with Gasteiger partial charge in [0.25, 0.3) is 0 Å². The molecule has 1 heterocycles. The van der Waals surface area contributed by atoms with E-state index in [-0.39, 0.29) is 19.0 Å². The predicted octanol–water partition coefficient (Wildman–Crippen LogP) is 1.12. The number of nitrogens with one attached hydrogen (secondary N) is 1. The van der Waals surface area contributed by atoms with E-state index in [4.69, 9.17) is 5.11 Å². The monoisotopic (exact) mass is 206 g/mol. The van der Waals surface area contributed by atoms with Crippen molar-refractivity contribution in [1.82, 2.24) is 4.90 Å². The van der Waals surface area contributed by atoms with Gasteiger partial charge in [0.15, 0.2) is 0 Å². The molecule has 15 heavy (non-hydrogen) atoms. The lowest BCUT2D eigenvalue weighted by Crippen LogP contribution is -2.33. The van der Waals surface area contributed by atoms with Crippen molar-refractivity contribution < 1.29 is 14.7 Å². The number of benzene rings is 1. The molecule has 1 aliphatic rings. The molecule has 5 nitrogen and oxygen atoms in total. The Labute approximate surface area is 86.3 Å². The van der Waals surface area contributed by atoms with Crippen LogP contribution in [0.2, 0.25) is 0 Å². The van der Waals surface area contributed by atoms with E-state index in [0.717, 1.165) is 10.5 Å². The number of nitrogens with zero attached hydrogens (tertiary/aromatic N) is 1. The van der Waals surface area contributed by atoms with Crippen molar-refractivity contribution in [2.24, 2.45) is 0 Å². The van der Waals surface area contributed by atoms with Crippen LogP contribution in [0.1, 0.15) is 5.56 Å². The van der Waals surface area contributed by atoms with Gasteiger partial charge in [-0.1, -0.05) is 18.2 Å². The van der Waals surface area contributed by atoms with Crippen LogP contribution in [0.3, 0.4) is 0 Å². The Kier molecular flexibility index (Phi) is 2.29. The minimum Gasteiger partial charge on any atom is -0.465 e. The maximum absolute atomic E-state index is 11.3. The standard InChI is InChI=1S/C10H10N2O3/c13-9-6-12(10(14)15)5-7-3-1-2-4-8(7)11-9/h1-4H,5-6H2,(H,11,13)(H,14,15). The summed E-state index contributed by atoms with van der Waals surface area (Å²) in [6, 6.07) is 7.18. The molecule has 0 aliphatic carbocycles. The van der Waals surface area contributed by atoms with Crippen LogP contribution >= 0.6 is 0 Å². The highest BCUT2D eigenvalue weighted by atomic mass is 16.4. The molecule has 1 aromatic carbocycles. The Balaban J connectivity index is 2.35. The third-order valence-corrected chi connectivity index (χ3v) is 2.26. The van der Waals surface area contributed by atoms with E-state index in [0.29, 0.717) is 5.69 Å². The molecule has 5 heteroatoms. The van der Waals surface area contributed by atoms with Crippen molar-refractivity contribution in [3.63, 3.8) is 0 Å². The first-order valence-electron chi connectivity index (χ1n) is 4.52. The predicted molar refractivity (Wildman–Crippen MR) is 53.5 cm³/mol. The quantitative estimate of drug-likeness (QED) is 0.668. The van der Waals surface area contributed by atoms with Crippen molar-refractivity contribution in [2.75, 3.05) is 11.9 Å². The molecular formula is C10H10N2O3. The molecule has 0 saturated carbocycles. The van der Waals surface area contributed by atoms with Gasteiger partial charge in [-0.3, -0.25) is 9.69 Å². The summed E-state index contributed by atoms with van der Waals surface area (Å²) in [4.78, 5) is 23.2. The Hall–Kier alpha value is -2.04. The first-order chi connectivity index (χ1) is 7.16. The fraction of sp³-hybridized carbons (Fsp3) is 0.200. The van der Waals surface area contributed by atoms with Crippen molar-refractivity contribution in [3.8, 4) is 0 Å². The highest BCUT2D eigenvalue weighted by Gasteiger charge is 2.21. The van der Waals surface area contributed by atoms with Gasteiger partial charge in [-0.15, -0.1) is 0 Å². The molecule has 0 spiro atoms. The maximum Gasteiger partial charge on any atom is 0.408 e. The molecule has 0 radical (unpaired) electrons. The zero-order valence-electron chi connectivity index (χ0n) is 7.93. The first-order valence-corrected chi connectivity index (χ1v) is 4.52. The zero-order valence-corrected chi connectivity index (χ0v) is 7.93. The molecule has 0 bridgehead atoms. The molecule has 2 amide bonds. The number of para-hydroxylation sites is 1. The van der Waals surface area contributed by atoms with Crippen LogP contribution < -0.4 is 5.32 Å². The van der Waals surface area contributed by atoms with Gasteiger partial charge in [0.1, 0.15) is 6.54 Å². The van der Waals surface area contributed by atoms with E-state index in [1.165, 1.54) is 0 Å². The molecule has 2 N–H and O–H groups in total. The fourth-order valence-corrected chi connectivity index (χ4v) is 1.54. The molecule has 0 aromatic heterocycles. The summed E-state index contributed by atoms with van der Waals surface area (Å²) in [5.41, 5.74) is 1.50. The number of anilines is 1. The normalized spacial score (nSPS) is 15.2. The van der Waals surface area contributed by atoms with Gasteiger partial charge in [0.2, 0.25) is 5.91 Å². The molecular weight excluding hydrogens is 196 g/mol. The molecule has 2 rings (SSSR count). The minimum atomic E-state index is -1.08. The highest BCUT2D eigenvalue weighted by molar-refractivity contribution is 5.95. The minimum absolute atomic E-state index is 0.121. The maximum atomic E-state index is 11.3. The van der Waals surface area contributed by atoms with Crippen LogP contribution in [0, 0.1) is 0 Å². The number of carbonyl (C=O) groups excluding carboxylic acids is 1. The Morgan fingerprint density at radius 1 is 1.33 bits per heavy atom. The van der Waals surface area contributed by atoms with Crippen LogP contribution in [-0.4, -0.2) is 28.6 Å². The Bertz CT molecular complexity index is 417. The van der Waals surface area contributed by atoms with Gasteiger partial charge >= 0.3 is 6.09 Å². The molecule has 1 aliphatic heterocycles. The highest BCUT2D eigenvalue weighted by Crippen LogP contribution is 2.19. The number of fused-ring (bicyclic) bond motifs is 1. The second-order valence-electron chi connectivity index (χ2n) is 3.34. The number of hydrogen-bond acceptors (Lipinski definition) is 2. The number of amides is 2. The second-order valence-corrected chi connectivity index (χ2v) is 3.34. The SMILES string of the molecule is O=C1CN(C(=O)O)Cc2ccccc2N1. The summed E-state index contributed by atoms with van der Waals surface area (Å²) in [6.07, 6.45) is -1.08. The summed E-state index contributed by atoms with van der Waals surface area (Å²) in [5, 5.41) is 11.5. The number of hydrogen-bond donors (Lipinski definition) is 2. The van der Waals surface area contributed by atoms with Crippen LogP contribution in [0.25, 0.3) is 0 Å². The van der Waals surface area contributed by atoms with Crippen LogP contribution in [0.15, 0.2) is 24.3 Å². The third kappa shape index (κ3) is 1.90. The third-order valence-electron chi connectivity index (χ3n) is 2.26. The zero-order chi connectivity index (χ0) is 10.8.